The van der Waals surface area contributed by atoms with Gasteiger partial charge in [-0.25, -0.2) is 8.98 Å². The van der Waals surface area contributed by atoms with Crippen molar-refractivity contribution in [1.82, 2.24) is 4.72 Å². The van der Waals surface area contributed by atoms with Gasteiger partial charge in [0.1, 0.15) is 0 Å². The molecule has 0 heterocycles. The Hall–Kier alpha value is -0.433. The Kier molecular flexibility index (Phi) is 7.86. The van der Waals surface area contributed by atoms with E-state index < -0.39 is 29.2 Å². The summed E-state index contributed by atoms with van der Waals surface area (Å²) in [5, 5.41) is 0. The molecule has 0 bridgehead atoms. The molecule has 16 heavy (non-hydrogen) atoms. The maximum atomic E-state index is 11.5. The Labute approximate surface area is 103 Å². The van der Waals surface area contributed by atoms with Gasteiger partial charge in [0.05, 0.1) is 6.61 Å². The van der Waals surface area contributed by atoms with E-state index in [1.807, 2.05) is 0 Å². The molecule has 0 unspecified atom stereocenters. The number of rotatable bonds is 4. The number of carbonyl (C=O) groups is 1. The molecule has 0 atom stereocenters. The van der Waals surface area contributed by atoms with Crippen LogP contribution in [-0.4, -0.2) is 33.9 Å². The first-order valence-electron chi connectivity index (χ1n) is 3.57. The Morgan fingerprint density at radius 2 is 1.94 bits per heavy atom. The van der Waals surface area contributed by atoms with Crippen LogP contribution in [0.4, 0.5) is 18.0 Å². The number of amides is 1. The van der Waals surface area contributed by atoms with E-state index in [0.717, 1.165) is 4.72 Å². The van der Waals surface area contributed by atoms with Gasteiger partial charge >= 0.3 is 41.4 Å². The van der Waals surface area contributed by atoms with E-state index in [1.165, 1.54) is 6.92 Å². The summed E-state index contributed by atoms with van der Waals surface area (Å²) >= 11 is 0. The van der Waals surface area contributed by atoms with Crippen molar-refractivity contribution in [2.24, 2.45) is 0 Å². The number of halogens is 3. The van der Waals surface area contributed by atoms with Gasteiger partial charge in [-0.2, -0.15) is 26.3 Å². The number of carbonyl (C=O) groups excluding carboxylic acids is 1. The zero-order valence-corrected chi connectivity index (χ0v) is 9.31. The van der Waals surface area contributed by atoms with Crippen molar-refractivity contribution in [3.8, 4) is 0 Å². The number of ether oxygens (including phenoxy) is 1. The minimum atomic E-state index is -4.80. The van der Waals surface area contributed by atoms with Crippen molar-refractivity contribution >= 4 is 16.4 Å². The standard InChI is InChI=1S/C5H8F3NO5S.Li.H/c1-2-13-4(10)9-15(11,12)14-3-5(6,7)8;;/h2-3H2,1H3,(H,9,10);;/q;+1;-1. The number of hydrogen-bond acceptors (Lipinski definition) is 5. The molecule has 1 N–H and O–H groups in total. The molecule has 0 aromatic rings. The minimum absolute atomic E-state index is 0. The maximum absolute atomic E-state index is 11.5. The molecule has 0 aliphatic heterocycles. The minimum Gasteiger partial charge on any atom is -1.00 e. The fraction of sp³-hybridized carbons (Fsp3) is 0.800. The third kappa shape index (κ3) is 10.1. The smallest absolute Gasteiger partial charge is 1.00 e. The monoisotopic (exact) mass is 259 g/mol. The van der Waals surface area contributed by atoms with Crippen LogP contribution in [0.1, 0.15) is 8.35 Å². The molecule has 0 radical (unpaired) electrons. The summed E-state index contributed by atoms with van der Waals surface area (Å²) in [7, 11) is -4.78. The van der Waals surface area contributed by atoms with Gasteiger partial charge in [-0.05, 0) is 6.92 Å². The topological polar surface area (TPSA) is 81.7 Å². The summed E-state index contributed by atoms with van der Waals surface area (Å²) in [6, 6.07) is 0. The van der Waals surface area contributed by atoms with Gasteiger partial charge in [-0.1, -0.05) is 0 Å². The summed E-state index contributed by atoms with van der Waals surface area (Å²) in [5.74, 6) is 0. The molecule has 11 heteroatoms. The van der Waals surface area contributed by atoms with E-state index in [-0.39, 0.29) is 26.9 Å². The van der Waals surface area contributed by atoms with Crippen molar-refractivity contribution in [1.29, 1.82) is 0 Å². The van der Waals surface area contributed by atoms with E-state index in [0.29, 0.717) is 0 Å². The van der Waals surface area contributed by atoms with Crippen molar-refractivity contribution in [2.75, 3.05) is 13.2 Å². The van der Waals surface area contributed by atoms with Gasteiger partial charge in [0, 0.05) is 0 Å². The van der Waals surface area contributed by atoms with Crippen LogP contribution in [0.25, 0.3) is 0 Å². The molecule has 0 rings (SSSR count). The first-order valence-corrected chi connectivity index (χ1v) is 4.98. The van der Waals surface area contributed by atoms with Crippen LogP contribution in [0.2, 0.25) is 0 Å². The second-order valence-corrected chi connectivity index (χ2v) is 3.50. The fourth-order valence-corrected chi connectivity index (χ4v) is 1.05. The molecule has 0 fully saturated rings. The van der Waals surface area contributed by atoms with E-state index in [9.17, 15) is 26.4 Å². The van der Waals surface area contributed by atoms with E-state index >= 15 is 0 Å². The quantitative estimate of drug-likeness (QED) is 0.573. The third-order valence-electron chi connectivity index (χ3n) is 0.862. The molecule has 0 aromatic carbocycles. The SMILES string of the molecule is CCOC(=O)NS(=O)(=O)OCC(F)(F)F.[H-].[Li+]. The van der Waals surface area contributed by atoms with Gasteiger partial charge in [0.2, 0.25) is 0 Å². The van der Waals surface area contributed by atoms with Gasteiger partial charge in [-0.3, -0.25) is 0 Å². The molecule has 0 aromatic heterocycles. The summed E-state index contributed by atoms with van der Waals surface area (Å²) in [4.78, 5) is 10.5. The van der Waals surface area contributed by atoms with Crippen molar-refractivity contribution < 1.29 is 55.6 Å². The molecule has 0 saturated heterocycles. The normalized spacial score (nSPS) is 11.5. The van der Waals surface area contributed by atoms with Crippen molar-refractivity contribution in [3.05, 3.63) is 0 Å². The third-order valence-corrected chi connectivity index (χ3v) is 1.71. The molecular weight excluding hydrogens is 250 g/mol. The van der Waals surface area contributed by atoms with E-state index in [2.05, 4.69) is 8.92 Å². The van der Waals surface area contributed by atoms with Gasteiger partial charge in [-0.15, -0.1) is 0 Å². The number of hydrogen-bond donors (Lipinski definition) is 1. The molecular formula is C5H9F3LiNO5S. The molecule has 0 aliphatic rings. The van der Waals surface area contributed by atoms with Gasteiger partial charge in [0.25, 0.3) is 0 Å². The molecule has 1 amide bonds. The van der Waals surface area contributed by atoms with Crippen LogP contribution >= 0.6 is 0 Å². The second-order valence-electron chi connectivity index (χ2n) is 2.15. The Morgan fingerprint density at radius 3 is 2.31 bits per heavy atom. The zero-order valence-electron chi connectivity index (χ0n) is 9.50. The first kappa shape index (κ1) is 17.9. The predicted molar refractivity (Wildman–Crippen MR) is 42.2 cm³/mol. The van der Waals surface area contributed by atoms with Gasteiger partial charge < -0.3 is 6.16 Å². The fourth-order valence-electron chi connectivity index (χ4n) is 0.436. The summed E-state index contributed by atoms with van der Waals surface area (Å²) in [6.45, 7) is -0.745. The van der Waals surface area contributed by atoms with Crippen molar-refractivity contribution in [3.63, 3.8) is 0 Å². The Bertz CT molecular complexity index is 322. The largest absolute Gasteiger partial charge is 1.00 e. The average molecular weight is 259 g/mol. The van der Waals surface area contributed by atoms with Crippen LogP contribution in [0.3, 0.4) is 0 Å². The van der Waals surface area contributed by atoms with Crippen LogP contribution in [0.5, 0.6) is 0 Å². The Morgan fingerprint density at radius 1 is 1.44 bits per heavy atom. The average Bonchev–Trinajstić information content (AvgIpc) is 1.99. The second kappa shape index (κ2) is 7.00. The first-order chi connectivity index (χ1) is 6.66. The number of alkyl halides is 3. The van der Waals surface area contributed by atoms with E-state index in [4.69, 9.17) is 0 Å². The molecule has 0 spiro atoms. The Balaban J connectivity index is -0.000000980. The van der Waals surface area contributed by atoms with Crippen LogP contribution < -0.4 is 23.6 Å². The molecule has 0 saturated carbocycles. The van der Waals surface area contributed by atoms with Crippen LogP contribution in [-0.2, 0) is 19.2 Å². The summed E-state index contributed by atoms with van der Waals surface area (Å²) < 4.78 is 64.6. The zero-order chi connectivity index (χ0) is 12.1. The van der Waals surface area contributed by atoms with Crippen molar-refractivity contribution in [2.45, 2.75) is 13.1 Å². The molecule has 92 valence electrons. The van der Waals surface area contributed by atoms with Crippen LogP contribution in [0.15, 0.2) is 0 Å². The molecule has 0 aliphatic carbocycles. The predicted octanol–water partition coefficient (Wildman–Crippen LogP) is -2.33. The van der Waals surface area contributed by atoms with Gasteiger partial charge in [0.15, 0.2) is 6.61 Å². The summed E-state index contributed by atoms with van der Waals surface area (Å²) in [5.41, 5.74) is 0. The summed E-state index contributed by atoms with van der Waals surface area (Å²) in [6.07, 6.45) is -6.21. The molecule has 6 nitrogen and oxygen atoms in total. The van der Waals surface area contributed by atoms with E-state index in [1.54, 1.807) is 0 Å². The van der Waals surface area contributed by atoms with Crippen LogP contribution in [0, 0.1) is 0 Å². The maximum Gasteiger partial charge on any atom is 1.00 e. The number of nitrogens with one attached hydrogen (secondary N) is 1.